The summed E-state index contributed by atoms with van der Waals surface area (Å²) in [5.74, 6) is 0.513. The Kier molecular flexibility index (Phi) is 4.02. The first kappa shape index (κ1) is 15.2. The molecule has 1 aliphatic heterocycles. The van der Waals surface area contributed by atoms with Crippen molar-refractivity contribution < 1.29 is 13.2 Å². The highest BCUT2D eigenvalue weighted by atomic mass is 32.2. The SMILES string of the molecule is NS(=O)(=O)C[C@@H]1CCN(C(=O)c2ccc(-c3ncc[nH]3)s2)C1. The molecule has 2 aromatic heterocycles. The van der Waals surface area contributed by atoms with Crippen LogP contribution in [0.25, 0.3) is 10.7 Å². The van der Waals surface area contributed by atoms with Gasteiger partial charge in [0.25, 0.3) is 5.91 Å². The summed E-state index contributed by atoms with van der Waals surface area (Å²) >= 11 is 1.37. The number of H-pyrrole nitrogens is 1. The van der Waals surface area contributed by atoms with E-state index in [1.54, 1.807) is 23.4 Å². The van der Waals surface area contributed by atoms with Crippen molar-refractivity contribution in [3.8, 4) is 10.7 Å². The van der Waals surface area contributed by atoms with Crippen molar-refractivity contribution in [1.82, 2.24) is 14.9 Å². The number of amides is 1. The number of nitrogens with one attached hydrogen (secondary N) is 1. The van der Waals surface area contributed by atoms with E-state index in [2.05, 4.69) is 9.97 Å². The molecule has 3 heterocycles. The predicted molar refractivity (Wildman–Crippen MR) is 83.9 cm³/mol. The lowest BCUT2D eigenvalue weighted by molar-refractivity contribution is 0.0793. The van der Waals surface area contributed by atoms with Gasteiger partial charge in [0.05, 0.1) is 15.5 Å². The van der Waals surface area contributed by atoms with Gasteiger partial charge in [0.1, 0.15) is 5.82 Å². The second-order valence-corrected chi connectivity index (χ2v) is 8.08. The molecule has 1 atom stereocenters. The van der Waals surface area contributed by atoms with E-state index >= 15 is 0 Å². The van der Waals surface area contributed by atoms with Gasteiger partial charge >= 0.3 is 0 Å². The fourth-order valence-electron chi connectivity index (χ4n) is 2.62. The average molecular weight is 340 g/mol. The Morgan fingerprint density at radius 1 is 1.50 bits per heavy atom. The van der Waals surface area contributed by atoms with Crippen molar-refractivity contribution in [2.45, 2.75) is 6.42 Å². The van der Waals surface area contributed by atoms with Crippen LogP contribution in [0.15, 0.2) is 24.5 Å². The van der Waals surface area contributed by atoms with Crippen LogP contribution in [0.4, 0.5) is 0 Å². The first-order chi connectivity index (χ1) is 10.4. The zero-order chi connectivity index (χ0) is 15.7. The molecule has 0 aromatic carbocycles. The van der Waals surface area contributed by atoms with Gasteiger partial charge < -0.3 is 9.88 Å². The monoisotopic (exact) mass is 340 g/mol. The number of aromatic amines is 1. The minimum atomic E-state index is -3.49. The molecule has 7 nitrogen and oxygen atoms in total. The summed E-state index contributed by atoms with van der Waals surface area (Å²) in [6.07, 6.45) is 4.06. The highest BCUT2D eigenvalue weighted by Gasteiger charge is 2.30. The zero-order valence-corrected chi connectivity index (χ0v) is 13.4. The number of likely N-dealkylation sites (tertiary alicyclic amines) is 1. The van der Waals surface area contributed by atoms with Crippen molar-refractivity contribution in [2.24, 2.45) is 11.1 Å². The maximum absolute atomic E-state index is 12.5. The smallest absolute Gasteiger partial charge is 0.263 e. The molecular formula is C13H16N4O3S2. The van der Waals surface area contributed by atoms with Crippen LogP contribution in [-0.2, 0) is 10.0 Å². The van der Waals surface area contributed by atoms with E-state index in [0.29, 0.717) is 24.4 Å². The van der Waals surface area contributed by atoms with Gasteiger partial charge in [0, 0.05) is 25.5 Å². The Morgan fingerprint density at radius 2 is 2.32 bits per heavy atom. The molecule has 1 amide bonds. The summed E-state index contributed by atoms with van der Waals surface area (Å²) in [4.78, 5) is 22.8. The maximum atomic E-state index is 12.5. The van der Waals surface area contributed by atoms with E-state index in [4.69, 9.17) is 5.14 Å². The minimum absolute atomic E-state index is 0.0697. The number of nitrogens with zero attached hydrogens (tertiary/aromatic N) is 2. The Labute approximate surface area is 132 Å². The number of thiophene rings is 1. The number of hydrogen-bond donors (Lipinski definition) is 2. The van der Waals surface area contributed by atoms with Gasteiger partial charge in [-0.3, -0.25) is 4.79 Å². The van der Waals surface area contributed by atoms with E-state index < -0.39 is 10.0 Å². The van der Waals surface area contributed by atoms with Gasteiger partial charge in [0.2, 0.25) is 10.0 Å². The quantitative estimate of drug-likeness (QED) is 0.861. The van der Waals surface area contributed by atoms with Gasteiger partial charge in [0.15, 0.2) is 0 Å². The molecule has 118 valence electrons. The second-order valence-electron chi connectivity index (χ2n) is 5.34. The summed E-state index contributed by atoms with van der Waals surface area (Å²) < 4.78 is 22.3. The normalized spacial score (nSPS) is 18.8. The van der Waals surface area contributed by atoms with Crippen molar-refractivity contribution in [3.63, 3.8) is 0 Å². The zero-order valence-electron chi connectivity index (χ0n) is 11.7. The minimum Gasteiger partial charge on any atom is -0.344 e. The molecule has 1 fully saturated rings. The molecule has 3 rings (SSSR count). The van der Waals surface area contributed by atoms with Crippen LogP contribution in [0.3, 0.4) is 0 Å². The lowest BCUT2D eigenvalue weighted by atomic mass is 10.2. The molecule has 0 aliphatic carbocycles. The van der Waals surface area contributed by atoms with Crippen LogP contribution in [0.5, 0.6) is 0 Å². The van der Waals surface area contributed by atoms with E-state index in [1.165, 1.54) is 11.3 Å². The molecule has 22 heavy (non-hydrogen) atoms. The lowest BCUT2D eigenvalue weighted by Crippen LogP contribution is -2.30. The van der Waals surface area contributed by atoms with Crippen molar-refractivity contribution >= 4 is 27.3 Å². The fraction of sp³-hybridized carbons (Fsp3) is 0.385. The molecule has 0 unspecified atom stereocenters. The van der Waals surface area contributed by atoms with Crippen LogP contribution >= 0.6 is 11.3 Å². The summed E-state index contributed by atoms with van der Waals surface area (Å²) in [5, 5.41) is 5.07. The van der Waals surface area contributed by atoms with Gasteiger partial charge in [-0.2, -0.15) is 0 Å². The summed E-state index contributed by atoms with van der Waals surface area (Å²) in [6, 6.07) is 3.63. The molecule has 3 N–H and O–H groups in total. The number of carbonyl (C=O) groups is 1. The molecule has 0 saturated carbocycles. The van der Waals surface area contributed by atoms with E-state index in [9.17, 15) is 13.2 Å². The summed E-state index contributed by atoms with van der Waals surface area (Å²) in [6.45, 7) is 0.996. The van der Waals surface area contributed by atoms with Crippen LogP contribution < -0.4 is 5.14 Å². The standard InChI is InChI=1S/C13H16N4O3S2/c14-22(19,20)8-9-3-6-17(7-9)13(18)11-2-1-10(21-11)12-15-4-5-16-12/h1-2,4-5,9H,3,6-8H2,(H,15,16)(H2,14,19,20)/t9-/m1/s1. The summed E-state index contributed by atoms with van der Waals surface area (Å²) in [5.41, 5.74) is 0. The largest absolute Gasteiger partial charge is 0.344 e. The van der Waals surface area contributed by atoms with E-state index in [1.807, 2.05) is 6.07 Å². The maximum Gasteiger partial charge on any atom is 0.263 e. The molecule has 1 aliphatic rings. The Bertz CT molecular complexity index is 767. The van der Waals surface area contributed by atoms with Crippen LogP contribution in [-0.4, -0.2) is 48.0 Å². The Hall–Kier alpha value is -1.71. The topological polar surface area (TPSA) is 109 Å². The van der Waals surface area contributed by atoms with Gasteiger partial charge in [-0.05, 0) is 24.5 Å². The van der Waals surface area contributed by atoms with E-state index in [0.717, 1.165) is 10.7 Å². The molecule has 0 spiro atoms. The third-order valence-electron chi connectivity index (χ3n) is 3.59. The van der Waals surface area contributed by atoms with Crippen molar-refractivity contribution in [3.05, 3.63) is 29.4 Å². The Balaban J connectivity index is 1.68. The lowest BCUT2D eigenvalue weighted by Gasteiger charge is -2.15. The van der Waals surface area contributed by atoms with E-state index in [-0.39, 0.29) is 17.6 Å². The highest BCUT2D eigenvalue weighted by molar-refractivity contribution is 7.89. The molecule has 0 radical (unpaired) electrons. The molecule has 9 heteroatoms. The van der Waals surface area contributed by atoms with Gasteiger partial charge in [-0.25, -0.2) is 18.5 Å². The molecule has 1 saturated heterocycles. The third kappa shape index (κ3) is 3.37. The highest BCUT2D eigenvalue weighted by Crippen LogP contribution is 2.28. The molecule has 2 aromatic rings. The van der Waals surface area contributed by atoms with Crippen LogP contribution in [0.2, 0.25) is 0 Å². The average Bonchev–Trinajstić information content (AvgIpc) is 3.17. The van der Waals surface area contributed by atoms with Crippen molar-refractivity contribution in [1.29, 1.82) is 0 Å². The van der Waals surface area contributed by atoms with Gasteiger partial charge in [-0.1, -0.05) is 0 Å². The fourth-order valence-corrected chi connectivity index (χ4v) is 4.48. The number of carbonyl (C=O) groups excluding carboxylic acids is 1. The number of hydrogen-bond acceptors (Lipinski definition) is 5. The first-order valence-electron chi connectivity index (χ1n) is 6.82. The molecular weight excluding hydrogens is 324 g/mol. The number of sulfonamides is 1. The number of aromatic nitrogens is 2. The number of imidazole rings is 1. The number of nitrogens with two attached hydrogens (primary N) is 1. The third-order valence-corrected chi connectivity index (χ3v) is 5.61. The Morgan fingerprint density at radius 3 is 3.00 bits per heavy atom. The van der Waals surface area contributed by atoms with Gasteiger partial charge in [-0.15, -0.1) is 11.3 Å². The molecule has 0 bridgehead atoms. The van der Waals surface area contributed by atoms with Crippen LogP contribution in [0.1, 0.15) is 16.1 Å². The first-order valence-corrected chi connectivity index (χ1v) is 9.35. The number of rotatable bonds is 4. The van der Waals surface area contributed by atoms with Crippen molar-refractivity contribution in [2.75, 3.05) is 18.8 Å². The summed E-state index contributed by atoms with van der Waals surface area (Å²) in [7, 11) is -3.49. The second kappa shape index (κ2) is 5.82. The van der Waals surface area contributed by atoms with Crippen LogP contribution in [0, 0.1) is 5.92 Å². The predicted octanol–water partition coefficient (Wildman–Crippen LogP) is 0.889. The number of primary sulfonamides is 1.